The Morgan fingerprint density at radius 3 is 2.49 bits per heavy atom. The molecule has 1 aliphatic rings. The van der Waals surface area contributed by atoms with Crippen molar-refractivity contribution in [2.45, 2.75) is 63.0 Å². The van der Waals surface area contributed by atoms with Crippen LogP contribution in [0.5, 0.6) is 5.75 Å². The van der Waals surface area contributed by atoms with E-state index in [0.717, 1.165) is 59.2 Å². The second-order valence-electron chi connectivity index (χ2n) is 11.2. The van der Waals surface area contributed by atoms with Gasteiger partial charge in [-0.05, 0) is 61.2 Å². The topological polar surface area (TPSA) is 105 Å². The molecule has 214 valence electrons. The first-order chi connectivity index (χ1) is 19.9. The summed E-state index contributed by atoms with van der Waals surface area (Å²) < 4.78 is 10.7. The van der Waals surface area contributed by atoms with Gasteiger partial charge in [-0.2, -0.15) is 0 Å². The minimum absolute atomic E-state index is 0.0728. The van der Waals surface area contributed by atoms with Crippen LogP contribution in [0.25, 0.3) is 10.9 Å². The molecule has 2 heterocycles. The van der Waals surface area contributed by atoms with Gasteiger partial charge in [-0.1, -0.05) is 55.7 Å². The number of nitrogens with one attached hydrogen (secondary N) is 3. The number of aromatic amines is 1. The van der Waals surface area contributed by atoms with Crippen LogP contribution in [0.1, 0.15) is 55.8 Å². The summed E-state index contributed by atoms with van der Waals surface area (Å²) in [6.45, 7) is 2.28. The van der Waals surface area contributed by atoms with Crippen molar-refractivity contribution in [3.05, 3.63) is 95.9 Å². The largest absolute Gasteiger partial charge is 0.497 e. The maximum absolute atomic E-state index is 14.0. The van der Waals surface area contributed by atoms with Crippen LogP contribution in [0.15, 0.2) is 79.1 Å². The molecule has 8 nitrogen and oxygen atoms in total. The van der Waals surface area contributed by atoms with Crippen molar-refractivity contribution in [3.8, 4) is 5.75 Å². The van der Waals surface area contributed by atoms with E-state index in [0.29, 0.717) is 6.54 Å². The molecule has 4 aromatic rings. The number of aromatic nitrogens is 2. The summed E-state index contributed by atoms with van der Waals surface area (Å²) in [7, 11) is 1.60. The fourth-order valence-electron chi connectivity index (χ4n) is 5.85. The molecule has 0 spiro atoms. The van der Waals surface area contributed by atoms with Crippen LogP contribution in [-0.4, -0.2) is 41.2 Å². The lowest BCUT2D eigenvalue weighted by molar-refractivity contribution is -0.127. The smallest absolute Gasteiger partial charge is 0.408 e. The van der Waals surface area contributed by atoms with Crippen LogP contribution in [0.2, 0.25) is 0 Å². The molecule has 2 aromatic heterocycles. The highest BCUT2D eigenvalue weighted by atomic mass is 16.5. The molecule has 0 radical (unpaired) electrons. The van der Waals surface area contributed by atoms with Crippen molar-refractivity contribution < 1.29 is 19.1 Å². The predicted molar refractivity (Wildman–Crippen MR) is 159 cm³/mol. The van der Waals surface area contributed by atoms with Crippen molar-refractivity contribution in [2.75, 3.05) is 13.7 Å². The number of hydrogen-bond donors (Lipinski definition) is 3. The van der Waals surface area contributed by atoms with E-state index in [9.17, 15) is 9.59 Å². The molecule has 1 fully saturated rings. The van der Waals surface area contributed by atoms with E-state index in [-0.39, 0.29) is 24.3 Å². The highest BCUT2D eigenvalue weighted by molar-refractivity contribution is 5.91. The molecule has 0 saturated heterocycles. The zero-order chi connectivity index (χ0) is 28.7. The minimum Gasteiger partial charge on any atom is -0.497 e. The van der Waals surface area contributed by atoms with Crippen molar-refractivity contribution in [1.29, 1.82) is 0 Å². The number of hydrogen-bond acceptors (Lipinski definition) is 5. The van der Waals surface area contributed by atoms with Gasteiger partial charge < -0.3 is 25.1 Å². The number of alkyl carbamates (subject to hydrolysis) is 1. The van der Waals surface area contributed by atoms with Crippen LogP contribution < -0.4 is 15.4 Å². The lowest BCUT2D eigenvalue weighted by atomic mass is 9.71. The molecule has 1 atom stereocenters. The van der Waals surface area contributed by atoms with Crippen LogP contribution in [0, 0.1) is 0 Å². The average Bonchev–Trinajstić information content (AvgIpc) is 3.42. The van der Waals surface area contributed by atoms with Crippen molar-refractivity contribution >= 4 is 22.9 Å². The number of nitrogens with zero attached hydrogens (tertiary/aromatic N) is 1. The van der Waals surface area contributed by atoms with Gasteiger partial charge in [0.15, 0.2) is 0 Å². The Morgan fingerprint density at radius 1 is 1.00 bits per heavy atom. The van der Waals surface area contributed by atoms with E-state index in [2.05, 4.69) is 26.7 Å². The van der Waals surface area contributed by atoms with Gasteiger partial charge >= 0.3 is 6.09 Å². The second-order valence-corrected chi connectivity index (χ2v) is 11.2. The highest BCUT2D eigenvalue weighted by Crippen LogP contribution is 2.38. The van der Waals surface area contributed by atoms with Gasteiger partial charge in [-0.3, -0.25) is 9.78 Å². The number of carbonyl (C=O) groups excluding carboxylic acids is 2. The van der Waals surface area contributed by atoms with Crippen molar-refractivity contribution in [3.63, 3.8) is 0 Å². The van der Waals surface area contributed by atoms with Gasteiger partial charge in [-0.25, -0.2) is 4.79 Å². The number of H-pyrrole nitrogens is 1. The fraction of sp³-hybridized carbons (Fsp3) is 0.364. The number of methoxy groups -OCH3 is 1. The molecule has 2 aromatic carbocycles. The number of carbonyl (C=O) groups is 2. The Hall–Kier alpha value is -4.33. The zero-order valence-electron chi connectivity index (χ0n) is 23.7. The van der Waals surface area contributed by atoms with Crippen LogP contribution in [-0.2, 0) is 28.0 Å². The second kappa shape index (κ2) is 12.5. The normalized spacial score (nSPS) is 16.0. The van der Waals surface area contributed by atoms with Crippen LogP contribution in [0.3, 0.4) is 0 Å². The first kappa shape index (κ1) is 28.2. The standard InChI is InChI=1S/C33H38N4O4/c1-32(20-25-21-35-28-11-5-4-10-27(25)28,37-31(39)41-22-24-13-15-26(40-2)16-14-24)30(38)36-23-33(17-7-3-8-18-33)29-12-6-9-19-34-29/h4-6,9-16,19,21,35H,3,7-8,17-18,20,22-23H2,1-2H3,(H,36,38)(H,37,39)/t32-/m0/s1. The molecule has 5 rings (SSSR count). The van der Waals surface area contributed by atoms with Crippen LogP contribution >= 0.6 is 0 Å². The molecule has 1 saturated carbocycles. The van der Waals surface area contributed by atoms with Gasteiger partial charge in [0.05, 0.1) is 7.11 Å². The number of fused-ring (bicyclic) bond motifs is 1. The molecule has 8 heteroatoms. The molecule has 41 heavy (non-hydrogen) atoms. The molecule has 2 amide bonds. The monoisotopic (exact) mass is 554 g/mol. The molecule has 1 aliphatic carbocycles. The number of amides is 2. The SMILES string of the molecule is COc1ccc(COC(=O)N[C@@](C)(Cc2c[nH]c3ccccc23)C(=O)NCC2(c3ccccn3)CCCCC2)cc1. The predicted octanol–water partition coefficient (Wildman–Crippen LogP) is 5.82. The summed E-state index contributed by atoms with van der Waals surface area (Å²) in [4.78, 5) is 35.0. The van der Waals surface area contributed by atoms with Crippen LogP contribution in [0.4, 0.5) is 4.79 Å². The average molecular weight is 555 g/mol. The summed E-state index contributed by atoms with van der Waals surface area (Å²) in [5, 5.41) is 7.12. The van der Waals surface area contributed by atoms with Gasteiger partial charge in [0.25, 0.3) is 0 Å². The summed E-state index contributed by atoms with van der Waals surface area (Å²) >= 11 is 0. The Balaban J connectivity index is 1.34. The third-order valence-corrected chi connectivity index (χ3v) is 8.23. The van der Waals surface area contributed by atoms with Gasteiger partial charge in [0.2, 0.25) is 5.91 Å². The first-order valence-corrected chi connectivity index (χ1v) is 14.2. The quantitative estimate of drug-likeness (QED) is 0.229. The van der Waals surface area contributed by atoms with E-state index < -0.39 is 11.6 Å². The maximum Gasteiger partial charge on any atom is 0.408 e. The van der Waals surface area contributed by atoms with Crippen molar-refractivity contribution in [1.82, 2.24) is 20.6 Å². The van der Waals surface area contributed by atoms with E-state index in [1.54, 1.807) is 14.0 Å². The molecule has 0 bridgehead atoms. The molecular formula is C33H38N4O4. The van der Waals surface area contributed by atoms with E-state index >= 15 is 0 Å². The Bertz CT molecular complexity index is 1460. The molecule has 3 N–H and O–H groups in total. The minimum atomic E-state index is -1.26. The summed E-state index contributed by atoms with van der Waals surface area (Å²) in [6, 6.07) is 21.2. The summed E-state index contributed by atoms with van der Waals surface area (Å²) in [5.74, 6) is 0.465. The number of para-hydroxylation sites is 1. The molecule has 0 aliphatic heterocycles. The first-order valence-electron chi connectivity index (χ1n) is 14.2. The Morgan fingerprint density at radius 2 is 1.76 bits per heavy atom. The van der Waals surface area contributed by atoms with Crippen molar-refractivity contribution in [2.24, 2.45) is 0 Å². The highest BCUT2D eigenvalue weighted by Gasteiger charge is 2.40. The van der Waals surface area contributed by atoms with E-state index in [1.165, 1.54) is 6.42 Å². The van der Waals surface area contributed by atoms with E-state index in [1.807, 2.05) is 73.1 Å². The molecular weight excluding hydrogens is 516 g/mol. The fourth-order valence-corrected chi connectivity index (χ4v) is 5.85. The third-order valence-electron chi connectivity index (χ3n) is 8.23. The van der Waals surface area contributed by atoms with E-state index in [4.69, 9.17) is 9.47 Å². The number of pyridine rings is 1. The lowest BCUT2D eigenvalue weighted by Gasteiger charge is -2.38. The van der Waals surface area contributed by atoms with Gasteiger partial charge in [0, 0.05) is 47.4 Å². The Labute approximate surface area is 240 Å². The number of rotatable bonds is 10. The number of benzene rings is 2. The third kappa shape index (κ3) is 6.53. The van der Waals surface area contributed by atoms with Gasteiger partial charge in [-0.15, -0.1) is 0 Å². The Kier molecular flexibility index (Phi) is 8.57. The number of ether oxygens (including phenoxy) is 2. The lowest BCUT2D eigenvalue weighted by Crippen LogP contribution is -2.59. The maximum atomic E-state index is 14.0. The summed E-state index contributed by atoms with van der Waals surface area (Å²) in [5.41, 5.74) is 2.24. The molecule has 0 unspecified atom stereocenters. The van der Waals surface area contributed by atoms with Gasteiger partial charge in [0.1, 0.15) is 17.9 Å². The zero-order valence-corrected chi connectivity index (χ0v) is 23.7. The summed E-state index contributed by atoms with van der Waals surface area (Å²) in [6.07, 6.45) is 8.63.